The van der Waals surface area contributed by atoms with Crippen LogP contribution in [-0.4, -0.2) is 25.5 Å². The second-order valence-corrected chi connectivity index (χ2v) is 9.30. The Hall–Kier alpha value is -3.65. The molecule has 0 saturated carbocycles. The molecule has 0 atom stereocenters. The van der Waals surface area contributed by atoms with Gasteiger partial charge < -0.3 is 10.1 Å². The van der Waals surface area contributed by atoms with Crippen LogP contribution in [0.4, 0.5) is 17.3 Å². The molecular weight excluding hydrogens is 436 g/mol. The van der Waals surface area contributed by atoms with Crippen molar-refractivity contribution in [2.45, 2.75) is 31.1 Å². The van der Waals surface area contributed by atoms with Crippen LogP contribution in [0.5, 0.6) is 5.75 Å². The largest absolute Gasteiger partial charge is 0.497 e. The predicted octanol–water partition coefficient (Wildman–Crippen LogP) is 5.53. The number of para-hydroxylation sites is 2. The van der Waals surface area contributed by atoms with Crippen LogP contribution >= 0.6 is 0 Å². The van der Waals surface area contributed by atoms with Crippen molar-refractivity contribution >= 4 is 38.4 Å². The molecule has 2 N–H and O–H groups in total. The molecule has 0 radical (unpaired) electrons. The van der Waals surface area contributed by atoms with Gasteiger partial charge in [-0.1, -0.05) is 37.6 Å². The summed E-state index contributed by atoms with van der Waals surface area (Å²) < 4.78 is 33.8. The minimum atomic E-state index is -3.89. The highest BCUT2D eigenvalue weighted by Gasteiger charge is 2.19. The summed E-state index contributed by atoms with van der Waals surface area (Å²) in [7, 11) is -2.36. The van der Waals surface area contributed by atoms with E-state index in [0.29, 0.717) is 22.6 Å². The van der Waals surface area contributed by atoms with Gasteiger partial charge in [0.15, 0.2) is 11.6 Å². The van der Waals surface area contributed by atoms with Crippen LogP contribution < -0.4 is 14.8 Å². The fraction of sp³-hybridized carbons (Fsp3) is 0.200. The normalized spacial score (nSPS) is 11.3. The molecule has 1 heterocycles. The fourth-order valence-corrected chi connectivity index (χ4v) is 4.38. The quantitative estimate of drug-likeness (QED) is 0.340. The van der Waals surface area contributed by atoms with E-state index in [1.165, 1.54) is 24.8 Å². The molecular formula is C25H26N4O3S. The molecule has 7 nitrogen and oxygen atoms in total. The maximum absolute atomic E-state index is 13.0. The number of fused-ring (bicyclic) bond motifs is 1. The third kappa shape index (κ3) is 5.40. The van der Waals surface area contributed by atoms with Gasteiger partial charge in [-0.25, -0.2) is 18.4 Å². The van der Waals surface area contributed by atoms with Crippen LogP contribution in [0.25, 0.3) is 11.0 Å². The van der Waals surface area contributed by atoms with Gasteiger partial charge in [0.1, 0.15) is 5.75 Å². The average Bonchev–Trinajstić information content (AvgIpc) is 2.84. The molecule has 4 rings (SSSR count). The number of unbranched alkanes of at least 4 members (excludes halogenated alkanes) is 1. The van der Waals surface area contributed by atoms with E-state index in [4.69, 9.17) is 4.74 Å². The Kier molecular flexibility index (Phi) is 6.74. The molecule has 0 saturated heterocycles. The molecule has 170 valence electrons. The lowest BCUT2D eigenvalue weighted by molar-refractivity contribution is 0.414. The highest BCUT2D eigenvalue weighted by atomic mass is 32.2. The standard InChI is InChI=1S/C25H26N4O3S/c1-3-4-7-18-10-12-19(13-11-18)26-24-25(28-23-9-6-5-8-22(23)27-24)29-33(30,31)21-16-14-20(32-2)15-17-21/h5-6,8-17H,3-4,7H2,1-2H3,(H,26,27)(H,28,29). The van der Waals surface area contributed by atoms with Crippen molar-refractivity contribution in [1.29, 1.82) is 0 Å². The van der Waals surface area contributed by atoms with Gasteiger partial charge in [-0.2, -0.15) is 0 Å². The topological polar surface area (TPSA) is 93.2 Å². The number of methoxy groups -OCH3 is 1. The number of aromatic nitrogens is 2. The van der Waals surface area contributed by atoms with Crippen LogP contribution in [0.15, 0.2) is 77.7 Å². The Morgan fingerprint density at radius 2 is 1.48 bits per heavy atom. The Morgan fingerprint density at radius 3 is 2.09 bits per heavy atom. The molecule has 33 heavy (non-hydrogen) atoms. The molecule has 0 unspecified atom stereocenters. The summed E-state index contributed by atoms with van der Waals surface area (Å²) in [6, 6.07) is 21.5. The van der Waals surface area contributed by atoms with Crippen molar-refractivity contribution in [3.63, 3.8) is 0 Å². The number of rotatable bonds is 9. The van der Waals surface area contributed by atoms with E-state index in [1.807, 2.05) is 30.3 Å². The van der Waals surface area contributed by atoms with Crippen LogP contribution in [0.1, 0.15) is 25.3 Å². The molecule has 0 aliphatic rings. The van der Waals surface area contributed by atoms with E-state index in [2.05, 4.69) is 39.1 Å². The van der Waals surface area contributed by atoms with Gasteiger partial charge in [0.25, 0.3) is 10.0 Å². The monoisotopic (exact) mass is 462 g/mol. The van der Waals surface area contributed by atoms with E-state index in [1.54, 1.807) is 18.2 Å². The summed E-state index contributed by atoms with van der Waals surface area (Å²) in [6.45, 7) is 2.17. The zero-order valence-electron chi connectivity index (χ0n) is 18.6. The lowest BCUT2D eigenvalue weighted by Crippen LogP contribution is -2.16. The molecule has 0 amide bonds. The smallest absolute Gasteiger partial charge is 0.263 e. The number of hydrogen-bond donors (Lipinski definition) is 2. The van der Waals surface area contributed by atoms with E-state index < -0.39 is 10.0 Å². The van der Waals surface area contributed by atoms with E-state index >= 15 is 0 Å². The summed E-state index contributed by atoms with van der Waals surface area (Å²) in [5.74, 6) is 1.02. The van der Waals surface area contributed by atoms with Gasteiger partial charge in [-0.3, -0.25) is 4.72 Å². The van der Waals surface area contributed by atoms with Gasteiger partial charge in [-0.15, -0.1) is 0 Å². The van der Waals surface area contributed by atoms with Crippen LogP contribution in [-0.2, 0) is 16.4 Å². The number of ether oxygens (including phenoxy) is 1. The Bertz CT molecular complexity index is 1340. The zero-order valence-corrected chi connectivity index (χ0v) is 19.4. The molecule has 1 aromatic heterocycles. The van der Waals surface area contributed by atoms with Gasteiger partial charge in [0, 0.05) is 5.69 Å². The first kappa shape index (κ1) is 22.5. The van der Waals surface area contributed by atoms with Crippen LogP contribution in [0.2, 0.25) is 0 Å². The maximum atomic E-state index is 13.0. The van der Waals surface area contributed by atoms with Crippen molar-refractivity contribution in [3.05, 3.63) is 78.4 Å². The van der Waals surface area contributed by atoms with Gasteiger partial charge in [0.05, 0.1) is 23.0 Å². The Labute approximate surface area is 193 Å². The van der Waals surface area contributed by atoms with Crippen LogP contribution in [0, 0.1) is 0 Å². The summed E-state index contributed by atoms with van der Waals surface area (Å²) in [5.41, 5.74) is 3.30. The summed E-state index contributed by atoms with van der Waals surface area (Å²) >= 11 is 0. The number of aryl methyl sites for hydroxylation is 1. The first-order chi connectivity index (χ1) is 16.0. The summed E-state index contributed by atoms with van der Waals surface area (Å²) in [5, 5.41) is 3.22. The number of anilines is 3. The Morgan fingerprint density at radius 1 is 0.848 bits per heavy atom. The van der Waals surface area contributed by atoms with E-state index in [-0.39, 0.29) is 10.7 Å². The van der Waals surface area contributed by atoms with E-state index in [9.17, 15) is 8.42 Å². The minimum Gasteiger partial charge on any atom is -0.497 e. The lowest BCUT2D eigenvalue weighted by atomic mass is 10.1. The van der Waals surface area contributed by atoms with Crippen molar-refractivity contribution in [2.75, 3.05) is 17.1 Å². The maximum Gasteiger partial charge on any atom is 0.263 e. The third-order valence-corrected chi connectivity index (χ3v) is 6.56. The number of nitrogens with one attached hydrogen (secondary N) is 2. The molecule has 4 aromatic rings. The van der Waals surface area contributed by atoms with Crippen molar-refractivity contribution in [1.82, 2.24) is 9.97 Å². The van der Waals surface area contributed by atoms with Gasteiger partial charge >= 0.3 is 0 Å². The minimum absolute atomic E-state index is 0.101. The predicted molar refractivity (Wildman–Crippen MR) is 132 cm³/mol. The van der Waals surface area contributed by atoms with Crippen molar-refractivity contribution < 1.29 is 13.2 Å². The second kappa shape index (κ2) is 9.87. The number of hydrogen-bond acceptors (Lipinski definition) is 6. The molecule has 0 fully saturated rings. The Balaban J connectivity index is 1.67. The third-order valence-electron chi connectivity index (χ3n) is 5.21. The van der Waals surface area contributed by atoms with Gasteiger partial charge in [0.2, 0.25) is 0 Å². The first-order valence-corrected chi connectivity index (χ1v) is 12.3. The molecule has 0 aliphatic carbocycles. The molecule has 0 aliphatic heterocycles. The highest BCUT2D eigenvalue weighted by molar-refractivity contribution is 7.92. The van der Waals surface area contributed by atoms with Gasteiger partial charge in [-0.05, 0) is 66.9 Å². The highest BCUT2D eigenvalue weighted by Crippen LogP contribution is 2.28. The fourth-order valence-electron chi connectivity index (χ4n) is 3.37. The van der Waals surface area contributed by atoms with Crippen molar-refractivity contribution in [2.24, 2.45) is 0 Å². The number of benzene rings is 3. The molecule has 3 aromatic carbocycles. The van der Waals surface area contributed by atoms with Crippen molar-refractivity contribution in [3.8, 4) is 5.75 Å². The van der Waals surface area contributed by atoms with Crippen LogP contribution in [0.3, 0.4) is 0 Å². The molecule has 0 spiro atoms. The summed E-state index contributed by atoms with van der Waals surface area (Å²) in [4.78, 5) is 9.26. The second-order valence-electron chi connectivity index (χ2n) is 7.62. The zero-order chi connectivity index (χ0) is 23.3. The molecule has 8 heteroatoms. The number of sulfonamides is 1. The number of nitrogens with zero attached hydrogens (tertiary/aromatic N) is 2. The van der Waals surface area contributed by atoms with E-state index in [0.717, 1.165) is 24.9 Å². The average molecular weight is 463 g/mol. The SMILES string of the molecule is CCCCc1ccc(Nc2nc3ccccc3nc2NS(=O)(=O)c2ccc(OC)cc2)cc1. The summed E-state index contributed by atoms with van der Waals surface area (Å²) in [6.07, 6.45) is 3.31. The molecule has 0 bridgehead atoms. The lowest BCUT2D eigenvalue weighted by Gasteiger charge is -2.14. The first-order valence-electron chi connectivity index (χ1n) is 10.8.